The molecular formula is C13H11ClN2O2S. The van der Waals surface area contributed by atoms with Crippen LogP contribution < -0.4 is 9.64 Å². The Morgan fingerprint density at radius 2 is 2.26 bits per heavy atom. The fourth-order valence-electron chi connectivity index (χ4n) is 2.01. The van der Waals surface area contributed by atoms with Crippen LogP contribution in [0.5, 0.6) is 5.75 Å². The van der Waals surface area contributed by atoms with E-state index in [1.54, 1.807) is 11.1 Å². The van der Waals surface area contributed by atoms with Gasteiger partial charge in [-0.25, -0.2) is 4.98 Å². The fourth-order valence-corrected chi connectivity index (χ4v) is 2.97. The molecule has 0 fully saturated rings. The van der Waals surface area contributed by atoms with Crippen LogP contribution in [0, 0.1) is 0 Å². The molecule has 19 heavy (non-hydrogen) atoms. The number of carbonyl (C=O) groups is 1. The number of amides is 1. The number of anilines is 1. The molecule has 1 aliphatic heterocycles. The van der Waals surface area contributed by atoms with E-state index < -0.39 is 0 Å². The summed E-state index contributed by atoms with van der Waals surface area (Å²) in [5.74, 6) is 0.790. The molecule has 0 aliphatic carbocycles. The van der Waals surface area contributed by atoms with Gasteiger partial charge >= 0.3 is 0 Å². The molecule has 1 aliphatic rings. The minimum Gasteiger partial charge on any atom is -0.491 e. The third kappa shape index (κ3) is 2.57. The van der Waals surface area contributed by atoms with E-state index in [2.05, 4.69) is 4.98 Å². The van der Waals surface area contributed by atoms with Crippen LogP contribution in [-0.2, 0) is 11.3 Å². The van der Waals surface area contributed by atoms with Crippen molar-refractivity contribution in [3.63, 3.8) is 0 Å². The van der Waals surface area contributed by atoms with Crippen molar-refractivity contribution < 1.29 is 9.53 Å². The topological polar surface area (TPSA) is 42.4 Å². The Morgan fingerprint density at radius 3 is 3.05 bits per heavy atom. The summed E-state index contributed by atoms with van der Waals surface area (Å²) in [5.41, 5.74) is 0.800. The Morgan fingerprint density at radius 1 is 1.42 bits per heavy atom. The largest absolute Gasteiger partial charge is 0.491 e. The van der Waals surface area contributed by atoms with Gasteiger partial charge in [-0.1, -0.05) is 23.7 Å². The van der Waals surface area contributed by atoms with Gasteiger partial charge in [0.25, 0.3) is 0 Å². The summed E-state index contributed by atoms with van der Waals surface area (Å²) in [7, 11) is 0. The number of thiazole rings is 1. The predicted molar refractivity (Wildman–Crippen MR) is 74.9 cm³/mol. The minimum atomic E-state index is 0.0504. The van der Waals surface area contributed by atoms with Crippen LogP contribution in [-0.4, -0.2) is 17.5 Å². The number of hydrogen-bond acceptors (Lipinski definition) is 4. The third-order valence-electron chi connectivity index (χ3n) is 2.87. The number of carbonyl (C=O) groups excluding carboxylic acids is 1. The summed E-state index contributed by atoms with van der Waals surface area (Å²) in [6.45, 7) is 0.888. The number of fused-ring (bicyclic) bond motifs is 1. The second-order valence-electron chi connectivity index (χ2n) is 4.13. The quantitative estimate of drug-likeness (QED) is 0.855. The van der Waals surface area contributed by atoms with Gasteiger partial charge in [0.1, 0.15) is 5.75 Å². The highest BCUT2D eigenvalue weighted by Gasteiger charge is 2.23. The Bertz CT molecular complexity index is 614. The molecule has 6 heteroatoms. The summed E-state index contributed by atoms with van der Waals surface area (Å²) in [6.07, 6.45) is 2.08. The third-order valence-corrected chi connectivity index (χ3v) is 3.97. The fraction of sp³-hybridized carbons (Fsp3) is 0.231. The van der Waals surface area contributed by atoms with Gasteiger partial charge in [0.05, 0.1) is 25.3 Å². The van der Waals surface area contributed by atoms with Crippen molar-refractivity contribution in [3.8, 4) is 5.75 Å². The van der Waals surface area contributed by atoms with E-state index in [0.717, 1.165) is 16.3 Å². The van der Waals surface area contributed by atoms with Gasteiger partial charge in [0.15, 0.2) is 4.47 Å². The van der Waals surface area contributed by atoms with E-state index in [9.17, 15) is 4.79 Å². The highest BCUT2D eigenvalue weighted by Crippen LogP contribution is 2.33. The molecule has 0 atom stereocenters. The Balaban J connectivity index is 1.95. The Hall–Kier alpha value is -1.59. The lowest BCUT2D eigenvalue weighted by Crippen LogP contribution is -2.29. The SMILES string of the molecule is O=C1CCOc2ccccc2N1Cc1cnc(Cl)s1. The molecule has 2 heterocycles. The number of benzene rings is 1. The van der Waals surface area contributed by atoms with Crippen molar-refractivity contribution in [2.24, 2.45) is 0 Å². The van der Waals surface area contributed by atoms with E-state index in [4.69, 9.17) is 16.3 Å². The zero-order valence-corrected chi connectivity index (χ0v) is 11.6. The van der Waals surface area contributed by atoms with Crippen molar-refractivity contribution in [3.05, 3.63) is 39.8 Å². The first-order valence-corrected chi connectivity index (χ1v) is 7.06. The molecule has 0 radical (unpaired) electrons. The van der Waals surface area contributed by atoms with E-state index >= 15 is 0 Å². The van der Waals surface area contributed by atoms with E-state index in [0.29, 0.717) is 24.0 Å². The van der Waals surface area contributed by atoms with Gasteiger partial charge in [-0.3, -0.25) is 4.79 Å². The first-order valence-electron chi connectivity index (χ1n) is 5.86. The van der Waals surface area contributed by atoms with Crippen molar-refractivity contribution >= 4 is 34.5 Å². The van der Waals surface area contributed by atoms with Gasteiger partial charge in [-0.2, -0.15) is 0 Å². The molecule has 1 aromatic carbocycles. The predicted octanol–water partition coefficient (Wildman–Crippen LogP) is 3.11. The lowest BCUT2D eigenvalue weighted by Gasteiger charge is -2.20. The molecule has 2 aromatic rings. The number of aromatic nitrogens is 1. The molecule has 1 aromatic heterocycles. The lowest BCUT2D eigenvalue weighted by molar-refractivity contribution is -0.118. The molecule has 0 N–H and O–H groups in total. The van der Waals surface area contributed by atoms with Crippen molar-refractivity contribution in [2.45, 2.75) is 13.0 Å². The summed E-state index contributed by atoms with van der Waals surface area (Å²) in [5, 5.41) is 0. The van der Waals surface area contributed by atoms with Crippen LogP contribution in [0.25, 0.3) is 0 Å². The number of ether oxygens (including phenoxy) is 1. The second kappa shape index (κ2) is 5.19. The van der Waals surface area contributed by atoms with Gasteiger partial charge < -0.3 is 9.64 Å². The first-order chi connectivity index (χ1) is 9.24. The van der Waals surface area contributed by atoms with Gasteiger partial charge in [-0.05, 0) is 12.1 Å². The maximum atomic E-state index is 12.2. The van der Waals surface area contributed by atoms with Crippen molar-refractivity contribution in [1.82, 2.24) is 4.98 Å². The van der Waals surface area contributed by atoms with Crippen molar-refractivity contribution in [2.75, 3.05) is 11.5 Å². The number of nitrogens with zero attached hydrogens (tertiary/aromatic N) is 2. The number of hydrogen-bond donors (Lipinski definition) is 0. The first kappa shape index (κ1) is 12.4. The molecule has 3 rings (SSSR count). The second-order valence-corrected chi connectivity index (χ2v) is 5.82. The lowest BCUT2D eigenvalue weighted by atomic mass is 10.2. The smallest absolute Gasteiger partial charge is 0.230 e. The van der Waals surface area contributed by atoms with Gasteiger partial charge in [0.2, 0.25) is 5.91 Å². The molecule has 0 bridgehead atoms. The van der Waals surface area contributed by atoms with E-state index in [1.807, 2.05) is 24.3 Å². The molecule has 0 saturated heterocycles. The monoisotopic (exact) mass is 294 g/mol. The number of rotatable bonds is 2. The van der Waals surface area contributed by atoms with Crippen molar-refractivity contribution in [1.29, 1.82) is 0 Å². The summed E-state index contributed by atoms with van der Waals surface area (Å²) in [4.78, 5) is 18.9. The molecule has 1 amide bonds. The molecule has 4 nitrogen and oxygen atoms in total. The van der Waals surface area contributed by atoms with Crippen LogP contribution in [0.3, 0.4) is 0 Å². The van der Waals surface area contributed by atoms with Crippen LogP contribution in [0.4, 0.5) is 5.69 Å². The normalized spacial score (nSPS) is 14.8. The molecule has 0 unspecified atom stereocenters. The Kier molecular flexibility index (Phi) is 3.40. The van der Waals surface area contributed by atoms with Gasteiger partial charge in [-0.15, -0.1) is 11.3 Å². The number of halogens is 1. The molecule has 98 valence electrons. The van der Waals surface area contributed by atoms with Crippen LogP contribution in [0.1, 0.15) is 11.3 Å². The maximum Gasteiger partial charge on any atom is 0.230 e. The summed E-state index contributed by atoms with van der Waals surface area (Å²) in [6, 6.07) is 7.56. The average Bonchev–Trinajstić information content (AvgIpc) is 2.75. The van der Waals surface area contributed by atoms with E-state index in [-0.39, 0.29) is 5.91 Å². The number of para-hydroxylation sites is 2. The highest BCUT2D eigenvalue weighted by molar-refractivity contribution is 7.15. The minimum absolute atomic E-state index is 0.0504. The molecular weight excluding hydrogens is 284 g/mol. The van der Waals surface area contributed by atoms with Crippen LogP contribution in [0.15, 0.2) is 30.5 Å². The summed E-state index contributed by atoms with van der Waals surface area (Å²) >= 11 is 7.21. The van der Waals surface area contributed by atoms with Gasteiger partial charge in [0, 0.05) is 11.1 Å². The van der Waals surface area contributed by atoms with Crippen LogP contribution >= 0.6 is 22.9 Å². The zero-order valence-electron chi connectivity index (χ0n) is 10.0. The zero-order chi connectivity index (χ0) is 13.2. The highest BCUT2D eigenvalue weighted by atomic mass is 35.5. The average molecular weight is 295 g/mol. The van der Waals surface area contributed by atoms with Crippen LogP contribution in [0.2, 0.25) is 4.47 Å². The standard InChI is InChI=1S/C13H11ClN2O2S/c14-13-15-7-9(19-13)8-16-10-3-1-2-4-11(10)18-6-5-12(16)17/h1-4,7H,5-6,8H2. The molecule has 0 spiro atoms. The van der Waals surface area contributed by atoms with E-state index in [1.165, 1.54) is 11.3 Å². The Labute approximate surface area is 119 Å². The summed E-state index contributed by atoms with van der Waals surface area (Å²) < 4.78 is 6.08. The maximum absolute atomic E-state index is 12.2. The molecule has 0 saturated carbocycles.